The van der Waals surface area contributed by atoms with Crippen LogP contribution in [0.2, 0.25) is 10.2 Å². The van der Waals surface area contributed by atoms with E-state index in [-0.39, 0.29) is 0 Å². The smallest absolute Gasteiger partial charge is 0.152 e. The molecular formula is C12H8Br2Cl2N2. The summed E-state index contributed by atoms with van der Waals surface area (Å²) < 4.78 is 1.83. The minimum atomic E-state index is 0.437. The lowest BCUT2D eigenvalue weighted by Gasteiger charge is -2.09. The van der Waals surface area contributed by atoms with E-state index in [1.54, 1.807) is 6.20 Å². The summed E-state index contributed by atoms with van der Waals surface area (Å²) in [6.07, 6.45) is 1.65. The third kappa shape index (κ3) is 3.60. The lowest BCUT2D eigenvalue weighted by atomic mass is 10.2. The molecule has 6 heteroatoms. The molecule has 2 nitrogen and oxygen atoms in total. The summed E-state index contributed by atoms with van der Waals surface area (Å²) in [6, 6.07) is 7.64. The van der Waals surface area contributed by atoms with E-state index in [0.29, 0.717) is 16.7 Å². The molecule has 0 aliphatic carbocycles. The molecule has 18 heavy (non-hydrogen) atoms. The fourth-order valence-corrected chi connectivity index (χ4v) is 2.64. The van der Waals surface area contributed by atoms with Crippen molar-refractivity contribution in [2.24, 2.45) is 0 Å². The van der Waals surface area contributed by atoms with E-state index in [1.807, 2.05) is 24.3 Å². The number of halogens is 4. The van der Waals surface area contributed by atoms with E-state index >= 15 is 0 Å². The van der Waals surface area contributed by atoms with Gasteiger partial charge in [-0.05, 0) is 39.7 Å². The topological polar surface area (TPSA) is 24.9 Å². The molecule has 0 amide bonds. The van der Waals surface area contributed by atoms with Crippen molar-refractivity contribution in [1.82, 2.24) is 4.98 Å². The second-order valence-corrected chi connectivity index (χ2v) is 6.18. The largest absolute Gasteiger partial charge is 0.378 e. The van der Waals surface area contributed by atoms with Crippen LogP contribution in [-0.2, 0) is 6.54 Å². The molecule has 0 aliphatic rings. The average Bonchev–Trinajstić information content (AvgIpc) is 2.32. The number of benzene rings is 1. The van der Waals surface area contributed by atoms with Crippen molar-refractivity contribution < 1.29 is 0 Å². The predicted molar refractivity (Wildman–Crippen MR) is 83.4 cm³/mol. The quantitative estimate of drug-likeness (QED) is 0.673. The molecule has 0 atom stereocenters. The third-order valence-corrected chi connectivity index (χ3v) is 3.87. The third-order valence-electron chi connectivity index (χ3n) is 2.29. The maximum absolute atomic E-state index is 6.14. The number of aromatic nitrogens is 1. The minimum Gasteiger partial charge on any atom is -0.378 e. The van der Waals surface area contributed by atoms with Gasteiger partial charge < -0.3 is 5.32 Å². The fraction of sp³-hybridized carbons (Fsp3) is 0.0833. The van der Waals surface area contributed by atoms with E-state index in [2.05, 4.69) is 42.2 Å². The van der Waals surface area contributed by atoms with Gasteiger partial charge in [0.2, 0.25) is 0 Å². The van der Waals surface area contributed by atoms with Crippen molar-refractivity contribution in [2.75, 3.05) is 5.32 Å². The average molecular weight is 411 g/mol. The number of pyridine rings is 1. The van der Waals surface area contributed by atoms with Crippen LogP contribution < -0.4 is 5.32 Å². The Morgan fingerprint density at radius 3 is 2.61 bits per heavy atom. The SMILES string of the molecule is Clc1cc(Br)ccc1CNc1cc(Br)cnc1Cl. The highest BCUT2D eigenvalue weighted by atomic mass is 79.9. The second-order valence-electron chi connectivity index (χ2n) is 3.58. The number of hydrogen-bond donors (Lipinski definition) is 1. The Bertz CT molecular complexity index is 576. The van der Waals surface area contributed by atoms with Crippen LogP contribution in [-0.4, -0.2) is 4.98 Å². The molecule has 0 unspecified atom stereocenters. The Hall–Kier alpha value is -0.290. The standard InChI is InChI=1S/C12H8Br2Cl2N2/c13-8-2-1-7(10(15)3-8)5-17-11-4-9(14)6-18-12(11)16/h1-4,6,17H,5H2. The van der Waals surface area contributed by atoms with E-state index < -0.39 is 0 Å². The van der Waals surface area contributed by atoms with Gasteiger partial charge in [0, 0.05) is 26.7 Å². The zero-order valence-electron chi connectivity index (χ0n) is 9.05. The molecule has 0 radical (unpaired) electrons. The number of rotatable bonds is 3. The molecule has 2 rings (SSSR count). The van der Waals surface area contributed by atoms with E-state index in [0.717, 1.165) is 20.2 Å². The summed E-state index contributed by atoms with van der Waals surface area (Å²) in [7, 11) is 0. The van der Waals surface area contributed by atoms with Crippen LogP contribution in [0.5, 0.6) is 0 Å². The predicted octanol–water partition coefficient (Wildman–Crippen LogP) is 5.53. The summed E-state index contributed by atoms with van der Waals surface area (Å²) in [5.41, 5.74) is 1.76. The molecular weight excluding hydrogens is 403 g/mol. The first kappa shape index (κ1) is 14.1. The summed E-state index contributed by atoms with van der Waals surface area (Å²) in [5, 5.41) is 4.35. The monoisotopic (exact) mass is 408 g/mol. The van der Waals surface area contributed by atoms with Gasteiger partial charge in [-0.3, -0.25) is 0 Å². The molecule has 94 valence electrons. The van der Waals surface area contributed by atoms with Crippen LogP contribution in [0.4, 0.5) is 5.69 Å². The zero-order chi connectivity index (χ0) is 13.1. The first-order chi connectivity index (χ1) is 8.56. The van der Waals surface area contributed by atoms with Crippen molar-refractivity contribution in [2.45, 2.75) is 6.54 Å². The Kier molecular flexibility index (Phi) is 4.90. The minimum absolute atomic E-state index is 0.437. The molecule has 1 heterocycles. The van der Waals surface area contributed by atoms with Crippen molar-refractivity contribution in [3.05, 3.63) is 55.1 Å². The molecule has 0 saturated heterocycles. The molecule has 1 aromatic carbocycles. The van der Waals surface area contributed by atoms with Crippen LogP contribution in [0, 0.1) is 0 Å². The van der Waals surface area contributed by atoms with Gasteiger partial charge in [-0.15, -0.1) is 0 Å². The van der Waals surface area contributed by atoms with Gasteiger partial charge in [-0.1, -0.05) is 45.2 Å². The summed E-state index contributed by atoms with van der Waals surface area (Å²) >= 11 is 18.9. The molecule has 0 spiro atoms. The number of anilines is 1. The normalized spacial score (nSPS) is 10.4. The Labute approximate surface area is 132 Å². The van der Waals surface area contributed by atoms with Crippen molar-refractivity contribution >= 4 is 60.7 Å². The number of nitrogens with zero attached hydrogens (tertiary/aromatic N) is 1. The fourth-order valence-electron chi connectivity index (χ4n) is 1.40. The molecule has 1 aromatic heterocycles. The molecule has 2 aromatic rings. The maximum atomic E-state index is 6.14. The summed E-state index contributed by atoms with van der Waals surface area (Å²) in [6.45, 7) is 0.587. The van der Waals surface area contributed by atoms with Crippen LogP contribution in [0.15, 0.2) is 39.4 Å². The summed E-state index contributed by atoms with van der Waals surface area (Å²) in [5.74, 6) is 0. The highest BCUT2D eigenvalue weighted by molar-refractivity contribution is 9.10. The van der Waals surface area contributed by atoms with Gasteiger partial charge in [0.1, 0.15) is 0 Å². The lowest BCUT2D eigenvalue weighted by molar-refractivity contribution is 1.13. The van der Waals surface area contributed by atoms with Gasteiger partial charge in [-0.25, -0.2) is 4.98 Å². The van der Waals surface area contributed by atoms with Crippen LogP contribution in [0.25, 0.3) is 0 Å². The number of hydrogen-bond acceptors (Lipinski definition) is 2. The maximum Gasteiger partial charge on any atom is 0.152 e. The van der Waals surface area contributed by atoms with Gasteiger partial charge in [0.25, 0.3) is 0 Å². The lowest BCUT2D eigenvalue weighted by Crippen LogP contribution is -2.01. The first-order valence-electron chi connectivity index (χ1n) is 5.05. The van der Waals surface area contributed by atoms with Crippen molar-refractivity contribution in [3.63, 3.8) is 0 Å². The second kappa shape index (κ2) is 6.24. The number of nitrogens with one attached hydrogen (secondary N) is 1. The molecule has 0 fully saturated rings. The van der Waals surface area contributed by atoms with Gasteiger partial charge in [0.15, 0.2) is 5.15 Å². The summed E-state index contributed by atoms with van der Waals surface area (Å²) in [4.78, 5) is 4.04. The Morgan fingerprint density at radius 2 is 1.89 bits per heavy atom. The highest BCUT2D eigenvalue weighted by Gasteiger charge is 2.05. The molecule has 0 bridgehead atoms. The van der Waals surface area contributed by atoms with Gasteiger partial charge >= 0.3 is 0 Å². The molecule has 0 saturated carbocycles. The van der Waals surface area contributed by atoms with Crippen LogP contribution >= 0.6 is 55.1 Å². The Balaban J connectivity index is 2.13. The van der Waals surface area contributed by atoms with Gasteiger partial charge in [-0.2, -0.15) is 0 Å². The highest BCUT2D eigenvalue weighted by Crippen LogP contribution is 2.26. The zero-order valence-corrected chi connectivity index (χ0v) is 13.7. The first-order valence-corrected chi connectivity index (χ1v) is 7.39. The van der Waals surface area contributed by atoms with E-state index in [9.17, 15) is 0 Å². The van der Waals surface area contributed by atoms with Crippen molar-refractivity contribution in [3.8, 4) is 0 Å². The van der Waals surface area contributed by atoms with Crippen molar-refractivity contribution in [1.29, 1.82) is 0 Å². The van der Waals surface area contributed by atoms with Crippen LogP contribution in [0.3, 0.4) is 0 Å². The van der Waals surface area contributed by atoms with Gasteiger partial charge in [0.05, 0.1) is 5.69 Å². The molecule has 1 N–H and O–H groups in total. The van der Waals surface area contributed by atoms with E-state index in [1.165, 1.54) is 0 Å². The molecule has 0 aliphatic heterocycles. The Morgan fingerprint density at radius 1 is 1.11 bits per heavy atom. The van der Waals surface area contributed by atoms with E-state index in [4.69, 9.17) is 23.2 Å². The van der Waals surface area contributed by atoms with Crippen LogP contribution in [0.1, 0.15) is 5.56 Å².